The summed E-state index contributed by atoms with van der Waals surface area (Å²) in [4.78, 5) is 14.8. The van der Waals surface area contributed by atoms with Crippen molar-refractivity contribution in [2.24, 2.45) is 7.05 Å². The molecule has 0 N–H and O–H groups in total. The van der Waals surface area contributed by atoms with Gasteiger partial charge in [-0.3, -0.25) is 4.79 Å². The SMILES string of the molecule is Cc1cc(C(=O)N2CCCC2c2ccc(F)cc2)c(C)n1C. The van der Waals surface area contributed by atoms with Crippen LogP contribution in [0.4, 0.5) is 4.39 Å². The van der Waals surface area contributed by atoms with Crippen molar-refractivity contribution in [2.75, 3.05) is 6.54 Å². The summed E-state index contributed by atoms with van der Waals surface area (Å²) < 4.78 is 15.1. The first kappa shape index (κ1) is 14.8. The number of aromatic nitrogens is 1. The van der Waals surface area contributed by atoms with Crippen LogP contribution in [0.25, 0.3) is 0 Å². The third kappa shape index (κ3) is 2.43. The average Bonchev–Trinajstić information content (AvgIpc) is 3.08. The van der Waals surface area contributed by atoms with Crippen LogP contribution in [0, 0.1) is 19.7 Å². The Morgan fingerprint density at radius 1 is 1.23 bits per heavy atom. The molecule has 3 nitrogen and oxygen atoms in total. The first-order valence-corrected chi connectivity index (χ1v) is 7.68. The van der Waals surface area contributed by atoms with E-state index in [9.17, 15) is 9.18 Å². The monoisotopic (exact) mass is 300 g/mol. The zero-order valence-electron chi connectivity index (χ0n) is 13.3. The molecule has 0 spiro atoms. The number of benzene rings is 1. The number of likely N-dealkylation sites (tertiary alicyclic amines) is 1. The average molecular weight is 300 g/mol. The molecule has 1 atom stereocenters. The van der Waals surface area contributed by atoms with Gasteiger partial charge in [-0.15, -0.1) is 0 Å². The van der Waals surface area contributed by atoms with Crippen molar-refractivity contribution in [1.82, 2.24) is 9.47 Å². The summed E-state index contributed by atoms with van der Waals surface area (Å²) in [6.07, 6.45) is 1.92. The normalized spacial score (nSPS) is 18.0. The molecule has 116 valence electrons. The lowest BCUT2D eigenvalue weighted by Gasteiger charge is -2.25. The molecule has 0 aliphatic carbocycles. The maximum Gasteiger partial charge on any atom is 0.256 e. The molecule has 1 amide bonds. The Kier molecular flexibility index (Phi) is 3.77. The molecule has 1 fully saturated rings. The molecule has 22 heavy (non-hydrogen) atoms. The van der Waals surface area contributed by atoms with Gasteiger partial charge in [-0.2, -0.15) is 0 Å². The second-order valence-electron chi connectivity index (χ2n) is 6.05. The zero-order chi connectivity index (χ0) is 15.9. The van der Waals surface area contributed by atoms with Gasteiger partial charge in [0.25, 0.3) is 5.91 Å². The molecule has 0 saturated carbocycles. The summed E-state index contributed by atoms with van der Waals surface area (Å²) in [6, 6.07) is 8.51. The number of carbonyl (C=O) groups is 1. The highest BCUT2D eigenvalue weighted by molar-refractivity contribution is 5.96. The standard InChI is InChI=1S/C18H21FN2O/c1-12-11-16(13(2)20(12)3)18(22)21-10-4-5-17(21)14-6-8-15(19)9-7-14/h6-9,11,17H,4-5,10H2,1-3H3. The quantitative estimate of drug-likeness (QED) is 0.829. The number of rotatable bonds is 2. The van der Waals surface area contributed by atoms with Crippen LogP contribution in [-0.4, -0.2) is 21.9 Å². The Labute approximate surface area is 130 Å². The number of carbonyl (C=O) groups excluding carboxylic acids is 1. The van der Waals surface area contributed by atoms with E-state index < -0.39 is 0 Å². The van der Waals surface area contributed by atoms with Crippen LogP contribution in [0.15, 0.2) is 30.3 Å². The predicted octanol–water partition coefficient (Wildman–Crippen LogP) is 3.76. The molecule has 1 saturated heterocycles. The third-order valence-electron chi connectivity index (χ3n) is 4.77. The van der Waals surface area contributed by atoms with E-state index >= 15 is 0 Å². The minimum atomic E-state index is -0.242. The Balaban J connectivity index is 1.91. The summed E-state index contributed by atoms with van der Waals surface area (Å²) in [6.45, 7) is 4.74. The fourth-order valence-corrected chi connectivity index (χ4v) is 3.27. The molecule has 2 aromatic rings. The van der Waals surface area contributed by atoms with Crippen molar-refractivity contribution in [3.05, 3.63) is 58.7 Å². The molecule has 1 aliphatic heterocycles. The Bertz CT molecular complexity index is 703. The van der Waals surface area contributed by atoms with Crippen molar-refractivity contribution in [2.45, 2.75) is 32.7 Å². The largest absolute Gasteiger partial charge is 0.351 e. The van der Waals surface area contributed by atoms with Crippen LogP contribution in [0.5, 0.6) is 0 Å². The lowest BCUT2D eigenvalue weighted by atomic mass is 10.0. The van der Waals surface area contributed by atoms with Crippen LogP contribution in [0.1, 0.15) is 46.2 Å². The molecule has 1 aromatic carbocycles. The van der Waals surface area contributed by atoms with Crippen molar-refractivity contribution >= 4 is 5.91 Å². The number of aryl methyl sites for hydroxylation is 1. The van der Waals surface area contributed by atoms with Crippen LogP contribution >= 0.6 is 0 Å². The first-order valence-electron chi connectivity index (χ1n) is 7.68. The fourth-order valence-electron chi connectivity index (χ4n) is 3.27. The Morgan fingerprint density at radius 3 is 2.50 bits per heavy atom. The fraction of sp³-hybridized carbons (Fsp3) is 0.389. The molecule has 2 heterocycles. The molecule has 1 aromatic heterocycles. The van der Waals surface area contributed by atoms with Gasteiger partial charge in [-0.1, -0.05) is 12.1 Å². The number of halogens is 1. The van der Waals surface area contributed by atoms with Gasteiger partial charge >= 0.3 is 0 Å². The van der Waals surface area contributed by atoms with E-state index in [-0.39, 0.29) is 17.8 Å². The maximum atomic E-state index is 13.1. The van der Waals surface area contributed by atoms with Gasteiger partial charge in [0, 0.05) is 25.0 Å². The molecule has 0 bridgehead atoms. The second-order valence-corrected chi connectivity index (χ2v) is 6.05. The van der Waals surface area contributed by atoms with E-state index in [1.807, 2.05) is 36.4 Å². The molecular weight excluding hydrogens is 279 g/mol. The maximum absolute atomic E-state index is 13.1. The Morgan fingerprint density at radius 2 is 1.91 bits per heavy atom. The molecular formula is C18H21FN2O. The van der Waals surface area contributed by atoms with Crippen LogP contribution < -0.4 is 0 Å². The number of hydrogen-bond acceptors (Lipinski definition) is 1. The van der Waals surface area contributed by atoms with Gasteiger partial charge in [0.15, 0.2) is 0 Å². The zero-order valence-corrected chi connectivity index (χ0v) is 13.3. The van der Waals surface area contributed by atoms with E-state index in [4.69, 9.17) is 0 Å². The van der Waals surface area contributed by atoms with E-state index in [2.05, 4.69) is 0 Å². The summed E-state index contributed by atoms with van der Waals surface area (Å²) >= 11 is 0. The van der Waals surface area contributed by atoms with Gasteiger partial charge in [0.1, 0.15) is 5.82 Å². The molecule has 1 unspecified atom stereocenters. The van der Waals surface area contributed by atoms with Gasteiger partial charge in [0.05, 0.1) is 11.6 Å². The first-order chi connectivity index (χ1) is 10.5. The van der Waals surface area contributed by atoms with Crippen molar-refractivity contribution < 1.29 is 9.18 Å². The lowest BCUT2D eigenvalue weighted by Crippen LogP contribution is -2.30. The summed E-state index contributed by atoms with van der Waals surface area (Å²) in [5.74, 6) is -0.165. The number of nitrogens with zero attached hydrogens (tertiary/aromatic N) is 2. The van der Waals surface area contributed by atoms with Gasteiger partial charge in [-0.25, -0.2) is 4.39 Å². The summed E-state index contributed by atoms with van der Waals surface area (Å²) in [7, 11) is 1.98. The second kappa shape index (κ2) is 5.59. The van der Waals surface area contributed by atoms with Crippen molar-refractivity contribution in [1.29, 1.82) is 0 Å². The molecule has 0 radical (unpaired) electrons. The van der Waals surface area contributed by atoms with E-state index in [1.165, 1.54) is 12.1 Å². The lowest BCUT2D eigenvalue weighted by molar-refractivity contribution is 0.0735. The van der Waals surface area contributed by atoms with E-state index in [0.717, 1.165) is 41.9 Å². The van der Waals surface area contributed by atoms with Crippen LogP contribution in [-0.2, 0) is 7.05 Å². The van der Waals surface area contributed by atoms with Crippen LogP contribution in [0.3, 0.4) is 0 Å². The predicted molar refractivity (Wildman–Crippen MR) is 84.3 cm³/mol. The van der Waals surface area contributed by atoms with Crippen molar-refractivity contribution in [3.63, 3.8) is 0 Å². The smallest absolute Gasteiger partial charge is 0.256 e. The number of amides is 1. The minimum Gasteiger partial charge on any atom is -0.351 e. The summed E-state index contributed by atoms with van der Waals surface area (Å²) in [5, 5.41) is 0. The molecule has 4 heteroatoms. The van der Waals surface area contributed by atoms with Gasteiger partial charge in [0.2, 0.25) is 0 Å². The highest BCUT2D eigenvalue weighted by atomic mass is 19.1. The van der Waals surface area contributed by atoms with E-state index in [0.29, 0.717) is 0 Å². The van der Waals surface area contributed by atoms with Crippen molar-refractivity contribution in [3.8, 4) is 0 Å². The van der Waals surface area contributed by atoms with E-state index in [1.54, 1.807) is 12.1 Å². The summed E-state index contributed by atoms with van der Waals surface area (Å²) in [5.41, 5.74) is 3.86. The van der Waals surface area contributed by atoms with Gasteiger partial charge < -0.3 is 9.47 Å². The Hall–Kier alpha value is -2.10. The topological polar surface area (TPSA) is 25.2 Å². The highest BCUT2D eigenvalue weighted by Gasteiger charge is 2.31. The molecule has 3 rings (SSSR count). The van der Waals surface area contributed by atoms with Crippen LogP contribution in [0.2, 0.25) is 0 Å². The minimum absolute atomic E-state index is 0.0491. The van der Waals surface area contributed by atoms with Gasteiger partial charge in [-0.05, 0) is 50.5 Å². The highest BCUT2D eigenvalue weighted by Crippen LogP contribution is 2.33. The number of hydrogen-bond donors (Lipinski definition) is 0. The molecule has 1 aliphatic rings. The third-order valence-corrected chi connectivity index (χ3v) is 4.77.